The molecule has 0 fully saturated rings. The molecule has 0 saturated carbocycles. The average molecular weight is 345 g/mol. The molecule has 7 nitrogen and oxygen atoms in total. The number of amides is 1. The van der Waals surface area contributed by atoms with E-state index in [1.165, 1.54) is 22.1 Å². The molecule has 0 atom stereocenters. The number of hydrogen-bond donors (Lipinski definition) is 3. The number of rotatable bonds is 3. The number of aromatic amines is 1. The van der Waals surface area contributed by atoms with Gasteiger partial charge in [-0.15, -0.1) is 11.3 Å². The van der Waals surface area contributed by atoms with Crippen LogP contribution in [0.15, 0.2) is 31.7 Å². The highest BCUT2D eigenvalue weighted by Crippen LogP contribution is 2.17. The fourth-order valence-corrected chi connectivity index (χ4v) is 2.67. The fourth-order valence-electron chi connectivity index (χ4n) is 1.51. The maximum atomic E-state index is 11.6. The third kappa shape index (κ3) is 2.83. The zero-order valence-corrected chi connectivity index (χ0v) is 11.9. The molecule has 2 aromatic rings. The van der Waals surface area contributed by atoms with Crippen molar-refractivity contribution in [2.45, 2.75) is 6.54 Å². The summed E-state index contributed by atoms with van der Waals surface area (Å²) in [4.78, 5) is 37.0. The Kier molecular flexibility index (Phi) is 3.98. The van der Waals surface area contributed by atoms with Crippen LogP contribution in [0, 0.1) is 0 Å². The molecule has 4 N–H and O–H groups in total. The van der Waals surface area contributed by atoms with Crippen LogP contribution in [0.5, 0.6) is 0 Å². The smallest absolute Gasteiger partial charge is 0.295 e. The normalized spacial score (nSPS) is 10.4. The SMILES string of the molecule is NNC(=O)c1sccc1Cn1cc(Br)c(=O)[nH]c1=O. The van der Waals surface area contributed by atoms with E-state index in [0.717, 1.165) is 0 Å². The number of nitrogens with two attached hydrogens (primary N) is 1. The second-order valence-electron chi connectivity index (χ2n) is 3.61. The summed E-state index contributed by atoms with van der Waals surface area (Å²) in [6.45, 7) is 0.167. The minimum atomic E-state index is -0.543. The third-order valence-corrected chi connectivity index (χ3v) is 3.91. The van der Waals surface area contributed by atoms with Crippen molar-refractivity contribution in [2.24, 2.45) is 5.84 Å². The van der Waals surface area contributed by atoms with Crippen LogP contribution >= 0.6 is 27.3 Å². The number of carbonyl (C=O) groups is 1. The predicted octanol–water partition coefficient (Wildman–Crippen LogP) is 0.0124. The fraction of sp³-hybridized carbons (Fsp3) is 0.100. The highest BCUT2D eigenvalue weighted by Gasteiger charge is 2.13. The largest absolute Gasteiger partial charge is 0.328 e. The van der Waals surface area contributed by atoms with Crippen molar-refractivity contribution in [3.05, 3.63) is 53.4 Å². The summed E-state index contributed by atoms with van der Waals surface area (Å²) in [5.74, 6) is 4.67. The van der Waals surface area contributed by atoms with Gasteiger partial charge in [-0.2, -0.15) is 0 Å². The topological polar surface area (TPSA) is 110 Å². The number of nitrogens with one attached hydrogen (secondary N) is 2. The first-order valence-electron chi connectivity index (χ1n) is 5.09. The lowest BCUT2D eigenvalue weighted by Gasteiger charge is -2.06. The maximum absolute atomic E-state index is 11.6. The molecule has 1 amide bonds. The van der Waals surface area contributed by atoms with Crippen molar-refractivity contribution >= 4 is 33.2 Å². The zero-order chi connectivity index (χ0) is 14.0. The van der Waals surface area contributed by atoms with Crippen molar-refractivity contribution in [2.75, 3.05) is 0 Å². The maximum Gasteiger partial charge on any atom is 0.328 e. The third-order valence-electron chi connectivity index (χ3n) is 2.39. The summed E-state index contributed by atoms with van der Waals surface area (Å²) in [6, 6.07) is 1.72. The lowest BCUT2D eigenvalue weighted by atomic mass is 10.2. The van der Waals surface area contributed by atoms with Crippen molar-refractivity contribution in [1.82, 2.24) is 15.0 Å². The van der Waals surface area contributed by atoms with Gasteiger partial charge in [0.05, 0.1) is 15.9 Å². The standard InChI is InChI=1S/C10H9BrN4O3S/c11-6-4-15(10(18)13-8(6)16)3-5-1-2-19-7(5)9(17)14-12/h1-2,4H,3,12H2,(H,14,17)(H,13,16,18). The number of thiophene rings is 1. The Morgan fingerprint density at radius 1 is 1.53 bits per heavy atom. The Labute approximate surface area is 119 Å². The number of nitrogens with zero attached hydrogens (tertiary/aromatic N) is 1. The van der Waals surface area contributed by atoms with Crippen LogP contribution in [0.25, 0.3) is 0 Å². The number of hydrazine groups is 1. The first-order valence-corrected chi connectivity index (χ1v) is 6.76. The van der Waals surface area contributed by atoms with E-state index in [1.807, 2.05) is 5.43 Å². The molecule has 0 spiro atoms. The number of nitrogen functional groups attached to an aromatic ring is 1. The highest BCUT2D eigenvalue weighted by molar-refractivity contribution is 9.10. The van der Waals surface area contributed by atoms with E-state index in [2.05, 4.69) is 20.9 Å². The van der Waals surface area contributed by atoms with Crippen LogP contribution in [0.1, 0.15) is 15.2 Å². The van der Waals surface area contributed by atoms with E-state index in [1.54, 1.807) is 11.4 Å². The molecule has 100 valence electrons. The van der Waals surface area contributed by atoms with Crippen LogP contribution in [0.3, 0.4) is 0 Å². The summed E-state index contributed by atoms with van der Waals surface area (Å²) in [5.41, 5.74) is 1.66. The Balaban J connectivity index is 2.40. The molecule has 2 rings (SSSR count). The number of halogens is 1. The summed E-state index contributed by atoms with van der Waals surface area (Å²) in [7, 11) is 0. The van der Waals surface area contributed by atoms with Gasteiger partial charge in [0.25, 0.3) is 11.5 Å². The Morgan fingerprint density at radius 2 is 2.26 bits per heavy atom. The van der Waals surface area contributed by atoms with E-state index < -0.39 is 17.2 Å². The average Bonchev–Trinajstić information content (AvgIpc) is 2.83. The Morgan fingerprint density at radius 3 is 2.95 bits per heavy atom. The molecule has 0 aliphatic heterocycles. The Hall–Kier alpha value is -1.71. The van der Waals surface area contributed by atoms with Gasteiger partial charge >= 0.3 is 5.69 Å². The van der Waals surface area contributed by atoms with Gasteiger partial charge in [-0.25, -0.2) is 10.6 Å². The van der Waals surface area contributed by atoms with E-state index in [4.69, 9.17) is 5.84 Å². The van der Waals surface area contributed by atoms with Crippen molar-refractivity contribution in [1.29, 1.82) is 0 Å². The summed E-state index contributed by atoms with van der Waals surface area (Å²) in [5, 5.41) is 1.73. The van der Waals surface area contributed by atoms with Gasteiger partial charge in [0.2, 0.25) is 0 Å². The minimum Gasteiger partial charge on any atom is -0.295 e. The van der Waals surface area contributed by atoms with Gasteiger partial charge in [-0.05, 0) is 32.9 Å². The molecule has 0 aliphatic rings. The number of aromatic nitrogens is 2. The number of H-pyrrole nitrogens is 1. The predicted molar refractivity (Wildman–Crippen MR) is 74.1 cm³/mol. The molecule has 9 heteroatoms. The molecule has 0 radical (unpaired) electrons. The van der Waals surface area contributed by atoms with E-state index in [0.29, 0.717) is 10.4 Å². The monoisotopic (exact) mass is 344 g/mol. The molecule has 2 aromatic heterocycles. The minimum absolute atomic E-state index is 0.167. The second-order valence-corrected chi connectivity index (χ2v) is 5.38. The first-order chi connectivity index (χ1) is 9.02. The van der Waals surface area contributed by atoms with Gasteiger partial charge in [-0.3, -0.25) is 24.6 Å². The van der Waals surface area contributed by atoms with E-state index in [-0.39, 0.29) is 11.0 Å². The summed E-state index contributed by atoms with van der Waals surface area (Å²) >= 11 is 4.27. The van der Waals surface area contributed by atoms with Crippen molar-refractivity contribution in [3.63, 3.8) is 0 Å². The van der Waals surface area contributed by atoms with Gasteiger partial charge in [0.1, 0.15) is 0 Å². The van der Waals surface area contributed by atoms with Crippen LogP contribution < -0.4 is 22.5 Å². The van der Waals surface area contributed by atoms with E-state index in [9.17, 15) is 14.4 Å². The molecule has 0 aromatic carbocycles. The molecular weight excluding hydrogens is 336 g/mol. The van der Waals surface area contributed by atoms with E-state index >= 15 is 0 Å². The molecule has 0 aliphatic carbocycles. The van der Waals surface area contributed by atoms with Crippen LogP contribution in [-0.2, 0) is 6.54 Å². The number of carbonyl (C=O) groups excluding carboxylic acids is 1. The quantitative estimate of drug-likeness (QED) is 0.414. The molecule has 19 heavy (non-hydrogen) atoms. The van der Waals surface area contributed by atoms with Gasteiger partial charge < -0.3 is 0 Å². The van der Waals surface area contributed by atoms with Crippen molar-refractivity contribution in [3.8, 4) is 0 Å². The van der Waals surface area contributed by atoms with Crippen LogP contribution in [0.4, 0.5) is 0 Å². The van der Waals surface area contributed by atoms with Gasteiger partial charge in [0, 0.05) is 6.20 Å². The van der Waals surface area contributed by atoms with Crippen molar-refractivity contribution < 1.29 is 4.79 Å². The number of hydrogen-bond acceptors (Lipinski definition) is 5. The lowest BCUT2D eigenvalue weighted by Crippen LogP contribution is -2.32. The molecule has 2 heterocycles. The van der Waals surface area contributed by atoms with Crippen LogP contribution in [0.2, 0.25) is 0 Å². The molecular formula is C10H9BrN4O3S. The molecule has 0 unspecified atom stereocenters. The lowest BCUT2D eigenvalue weighted by molar-refractivity contribution is 0.0956. The second kappa shape index (κ2) is 5.51. The molecule has 0 saturated heterocycles. The highest BCUT2D eigenvalue weighted by atomic mass is 79.9. The van der Waals surface area contributed by atoms with Gasteiger partial charge in [-0.1, -0.05) is 0 Å². The summed E-state index contributed by atoms with van der Waals surface area (Å²) < 4.78 is 1.54. The Bertz CT molecular complexity index is 733. The first kappa shape index (κ1) is 13.7. The summed E-state index contributed by atoms with van der Waals surface area (Å²) in [6.07, 6.45) is 1.38. The molecule has 0 bridgehead atoms. The zero-order valence-electron chi connectivity index (χ0n) is 9.47. The van der Waals surface area contributed by atoms with Crippen LogP contribution in [-0.4, -0.2) is 15.5 Å². The van der Waals surface area contributed by atoms with Gasteiger partial charge in [0.15, 0.2) is 0 Å².